The molecular weight excluding hydrogens is 569 g/mol. The second-order valence-corrected chi connectivity index (χ2v) is 9.28. The van der Waals surface area contributed by atoms with E-state index in [-0.39, 0.29) is 29.6 Å². The highest BCUT2D eigenvalue weighted by molar-refractivity contribution is 8.18. The van der Waals surface area contributed by atoms with E-state index in [2.05, 4.69) is 0 Å². The molecule has 3 aromatic carbocycles. The Morgan fingerprint density at radius 3 is 2.27 bits per heavy atom. The van der Waals surface area contributed by atoms with Crippen LogP contribution in [0.15, 0.2) is 65.6 Å². The Balaban J connectivity index is 1.49. The Bertz CT molecular complexity index is 1530. The molecule has 0 unspecified atom stereocenters. The molecule has 10 nitrogen and oxygen atoms in total. The Kier molecular flexibility index (Phi) is 8.71. The summed E-state index contributed by atoms with van der Waals surface area (Å²) in [5, 5.41) is 10.9. The minimum atomic E-state index is -4.77. The number of carbonyl (C=O) groups is 2. The Labute approximate surface area is 235 Å². The van der Waals surface area contributed by atoms with Crippen LogP contribution >= 0.6 is 11.8 Å². The number of halogens is 3. The minimum Gasteiger partial charge on any atom is -0.493 e. The number of hydrogen-bond donors (Lipinski definition) is 0. The molecule has 1 heterocycles. The molecule has 0 bridgehead atoms. The van der Waals surface area contributed by atoms with Gasteiger partial charge in [-0.25, -0.2) is 0 Å². The number of rotatable bonds is 10. The SMILES string of the molecule is COc1ccccc1OCCN1C(=O)S/C(=C\c2ccc(Oc3ccc(C(F)(F)F)cc3[N+](=O)[O-])c(OC)c2)C1=O. The number of imide groups is 1. The lowest BCUT2D eigenvalue weighted by Crippen LogP contribution is -2.32. The van der Waals surface area contributed by atoms with Gasteiger partial charge in [0.1, 0.15) is 6.61 Å². The molecule has 1 aliphatic rings. The molecule has 2 amide bonds. The van der Waals surface area contributed by atoms with Gasteiger partial charge in [-0.05, 0) is 59.8 Å². The van der Waals surface area contributed by atoms with Gasteiger partial charge in [0, 0.05) is 6.07 Å². The fourth-order valence-corrected chi connectivity index (χ4v) is 4.59. The predicted molar refractivity (Wildman–Crippen MR) is 142 cm³/mol. The van der Waals surface area contributed by atoms with Crippen molar-refractivity contribution in [1.29, 1.82) is 0 Å². The predicted octanol–water partition coefficient (Wildman–Crippen LogP) is 6.54. The molecule has 0 aromatic heterocycles. The van der Waals surface area contributed by atoms with Crippen LogP contribution < -0.4 is 18.9 Å². The Morgan fingerprint density at radius 1 is 0.927 bits per heavy atom. The number of hydrogen-bond acceptors (Lipinski definition) is 9. The molecule has 3 aromatic rings. The van der Waals surface area contributed by atoms with Crippen LogP contribution in [-0.2, 0) is 11.0 Å². The second-order valence-electron chi connectivity index (χ2n) is 8.28. The van der Waals surface area contributed by atoms with Crippen LogP contribution in [0.3, 0.4) is 0 Å². The highest BCUT2D eigenvalue weighted by Gasteiger charge is 2.35. The van der Waals surface area contributed by atoms with Gasteiger partial charge in [0.2, 0.25) is 5.75 Å². The van der Waals surface area contributed by atoms with Crippen LogP contribution in [0.1, 0.15) is 11.1 Å². The van der Waals surface area contributed by atoms with Crippen LogP contribution in [0.5, 0.6) is 28.7 Å². The number of thioether (sulfide) groups is 1. The topological polar surface area (TPSA) is 117 Å². The van der Waals surface area contributed by atoms with E-state index in [4.69, 9.17) is 18.9 Å². The van der Waals surface area contributed by atoms with Gasteiger partial charge in [-0.15, -0.1) is 0 Å². The highest BCUT2D eigenvalue weighted by Crippen LogP contribution is 2.41. The summed E-state index contributed by atoms with van der Waals surface area (Å²) in [5.74, 6) is 0.0877. The number of methoxy groups -OCH3 is 2. The van der Waals surface area contributed by atoms with Gasteiger partial charge in [-0.1, -0.05) is 18.2 Å². The number of nitrogens with zero attached hydrogens (tertiary/aromatic N) is 2. The summed E-state index contributed by atoms with van der Waals surface area (Å²) in [6.07, 6.45) is -3.32. The van der Waals surface area contributed by atoms with Crippen LogP contribution in [-0.4, -0.2) is 48.3 Å². The number of para-hydroxylation sites is 2. The van der Waals surface area contributed by atoms with E-state index in [1.165, 1.54) is 38.5 Å². The van der Waals surface area contributed by atoms with E-state index in [1.807, 2.05) is 0 Å². The number of ether oxygens (including phenoxy) is 4. The molecule has 4 rings (SSSR count). The molecule has 0 radical (unpaired) electrons. The van der Waals surface area contributed by atoms with Gasteiger partial charge in [0.25, 0.3) is 11.1 Å². The zero-order valence-electron chi connectivity index (χ0n) is 21.5. The van der Waals surface area contributed by atoms with Crippen LogP contribution in [0.4, 0.5) is 23.7 Å². The quantitative estimate of drug-likeness (QED) is 0.147. The molecule has 0 saturated carbocycles. The molecule has 0 atom stereocenters. The third-order valence-corrected chi connectivity index (χ3v) is 6.61. The Hall–Kier alpha value is -4.72. The first kappa shape index (κ1) is 29.3. The zero-order valence-corrected chi connectivity index (χ0v) is 22.3. The summed E-state index contributed by atoms with van der Waals surface area (Å²) in [6, 6.07) is 13.2. The third-order valence-electron chi connectivity index (χ3n) is 5.70. The normalized spacial score (nSPS) is 14.4. The lowest BCUT2D eigenvalue weighted by Gasteiger charge is -2.14. The zero-order chi connectivity index (χ0) is 29.7. The molecule has 0 aliphatic carbocycles. The summed E-state index contributed by atoms with van der Waals surface area (Å²) >= 11 is 0.739. The number of nitro groups is 1. The molecule has 1 aliphatic heterocycles. The van der Waals surface area contributed by atoms with Crippen LogP contribution in [0, 0.1) is 10.1 Å². The van der Waals surface area contributed by atoms with Crippen molar-refractivity contribution >= 4 is 34.7 Å². The highest BCUT2D eigenvalue weighted by atomic mass is 32.2. The number of nitro benzene ring substituents is 1. The molecule has 41 heavy (non-hydrogen) atoms. The van der Waals surface area contributed by atoms with Crippen molar-refractivity contribution in [3.05, 3.63) is 86.8 Å². The second kappa shape index (κ2) is 12.2. The number of alkyl halides is 3. The van der Waals surface area contributed by atoms with Crippen molar-refractivity contribution < 1.29 is 46.6 Å². The fourth-order valence-electron chi connectivity index (χ4n) is 3.73. The van der Waals surface area contributed by atoms with Gasteiger partial charge >= 0.3 is 11.9 Å². The first-order valence-electron chi connectivity index (χ1n) is 11.7. The summed E-state index contributed by atoms with van der Waals surface area (Å²) in [7, 11) is 2.79. The molecular formula is C27H21F3N2O8S. The van der Waals surface area contributed by atoms with Crippen molar-refractivity contribution in [2.45, 2.75) is 6.18 Å². The van der Waals surface area contributed by atoms with E-state index in [0.29, 0.717) is 29.2 Å². The van der Waals surface area contributed by atoms with Crippen LogP contribution in [0.2, 0.25) is 0 Å². The summed E-state index contributed by atoms with van der Waals surface area (Å²) in [4.78, 5) is 37.0. The molecule has 214 valence electrons. The van der Waals surface area contributed by atoms with Crippen molar-refractivity contribution in [3.8, 4) is 28.7 Å². The maximum Gasteiger partial charge on any atom is 0.416 e. The molecule has 1 saturated heterocycles. The van der Waals surface area contributed by atoms with Crippen molar-refractivity contribution in [3.63, 3.8) is 0 Å². The smallest absolute Gasteiger partial charge is 0.416 e. The average Bonchev–Trinajstić information content (AvgIpc) is 3.20. The monoisotopic (exact) mass is 590 g/mol. The molecule has 0 N–H and O–H groups in total. The third kappa shape index (κ3) is 6.72. The molecule has 1 fully saturated rings. The summed E-state index contributed by atoms with van der Waals surface area (Å²) < 4.78 is 60.7. The largest absolute Gasteiger partial charge is 0.493 e. The number of amides is 2. The van der Waals surface area contributed by atoms with Gasteiger partial charge in [-0.2, -0.15) is 13.2 Å². The van der Waals surface area contributed by atoms with E-state index in [1.54, 1.807) is 24.3 Å². The van der Waals surface area contributed by atoms with E-state index < -0.39 is 39.2 Å². The summed E-state index contributed by atoms with van der Waals surface area (Å²) in [5.41, 5.74) is -1.64. The average molecular weight is 591 g/mol. The molecule has 14 heteroatoms. The van der Waals surface area contributed by atoms with Crippen LogP contribution in [0.25, 0.3) is 6.08 Å². The Morgan fingerprint density at radius 2 is 1.61 bits per heavy atom. The molecule has 0 spiro atoms. The fraction of sp³-hybridized carbons (Fsp3) is 0.185. The maximum atomic E-state index is 13.0. The van der Waals surface area contributed by atoms with Crippen molar-refractivity contribution in [2.75, 3.05) is 27.4 Å². The van der Waals surface area contributed by atoms with Crippen molar-refractivity contribution in [2.24, 2.45) is 0 Å². The summed E-state index contributed by atoms with van der Waals surface area (Å²) in [6.45, 7) is 0.0453. The lowest BCUT2D eigenvalue weighted by atomic mass is 10.1. The van der Waals surface area contributed by atoms with Gasteiger partial charge in [0.15, 0.2) is 23.0 Å². The number of benzene rings is 3. The van der Waals surface area contributed by atoms with E-state index >= 15 is 0 Å². The van der Waals surface area contributed by atoms with Gasteiger partial charge in [-0.3, -0.25) is 24.6 Å². The number of carbonyl (C=O) groups excluding carboxylic acids is 2. The standard InChI is InChI=1S/C27H21F3N2O8S/c1-37-20-5-3-4-6-21(20)39-12-11-31-25(33)24(41-26(31)34)14-16-7-9-22(23(13-16)38-2)40-19-10-8-17(27(28,29)30)15-18(19)32(35)36/h3-10,13-15H,11-12H2,1-2H3/b24-14-. The first-order chi connectivity index (χ1) is 19.5. The van der Waals surface area contributed by atoms with Gasteiger partial charge in [0.05, 0.1) is 36.2 Å². The first-order valence-corrected chi connectivity index (χ1v) is 12.6. The van der Waals surface area contributed by atoms with Gasteiger partial charge < -0.3 is 18.9 Å². The maximum absolute atomic E-state index is 13.0. The van der Waals surface area contributed by atoms with Crippen molar-refractivity contribution in [1.82, 2.24) is 4.90 Å². The lowest BCUT2D eigenvalue weighted by molar-refractivity contribution is -0.385. The van der Waals surface area contributed by atoms with E-state index in [0.717, 1.165) is 22.7 Å². The minimum absolute atomic E-state index is 0.00205. The van der Waals surface area contributed by atoms with E-state index in [9.17, 15) is 32.9 Å².